The van der Waals surface area contributed by atoms with E-state index >= 15 is 0 Å². The maximum Gasteiger partial charge on any atom is 0.225 e. The van der Waals surface area contributed by atoms with Gasteiger partial charge in [0.1, 0.15) is 6.10 Å². The molecule has 0 atom stereocenters. The zero-order valence-corrected chi connectivity index (χ0v) is 15.4. The van der Waals surface area contributed by atoms with Gasteiger partial charge in [-0.1, -0.05) is 6.42 Å². The number of aryl methyl sites for hydroxylation is 1. The Morgan fingerprint density at radius 2 is 1.88 bits per heavy atom. The van der Waals surface area contributed by atoms with Crippen molar-refractivity contribution < 1.29 is 9.53 Å². The smallest absolute Gasteiger partial charge is 0.225 e. The van der Waals surface area contributed by atoms with Crippen LogP contribution in [0.25, 0.3) is 0 Å². The van der Waals surface area contributed by atoms with Gasteiger partial charge in [0.25, 0.3) is 0 Å². The van der Waals surface area contributed by atoms with Crippen molar-refractivity contribution in [3.63, 3.8) is 0 Å². The Bertz CT molecular complexity index is 608. The summed E-state index contributed by atoms with van der Waals surface area (Å²) in [4.78, 5) is 19.2. The van der Waals surface area contributed by atoms with Crippen LogP contribution >= 0.6 is 0 Å². The van der Waals surface area contributed by atoms with E-state index in [1.54, 1.807) is 6.20 Å². The van der Waals surface area contributed by atoms with Crippen LogP contribution in [-0.4, -0.2) is 35.0 Å². The van der Waals surface area contributed by atoms with Gasteiger partial charge < -0.3 is 9.64 Å². The van der Waals surface area contributed by atoms with Gasteiger partial charge in [-0.3, -0.25) is 4.79 Å². The Kier molecular flexibility index (Phi) is 4.70. The molecule has 25 heavy (non-hydrogen) atoms. The molecule has 0 bridgehead atoms. The minimum atomic E-state index is 0.183. The average molecular weight is 342 g/mol. The summed E-state index contributed by atoms with van der Waals surface area (Å²) >= 11 is 0. The van der Waals surface area contributed by atoms with Crippen LogP contribution in [0.4, 0.5) is 0 Å². The molecule has 1 aliphatic heterocycles. The summed E-state index contributed by atoms with van der Waals surface area (Å²) in [6, 6.07) is 3.96. The molecule has 4 heteroatoms. The van der Waals surface area contributed by atoms with Crippen LogP contribution in [0.1, 0.15) is 63.4 Å². The summed E-state index contributed by atoms with van der Waals surface area (Å²) in [5, 5.41) is 0. The molecule has 136 valence electrons. The lowest BCUT2D eigenvalue weighted by atomic mass is 9.59. The Morgan fingerprint density at radius 3 is 2.48 bits per heavy atom. The number of aromatic nitrogens is 1. The van der Waals surface area contributed by atoms with Gasteiger partial charge in [-0.2, -0.15) is 0 Å². The molecule has 1 aromatic rings. The molecule has 2 heterocycles. The largest absolute Gasteiger partial charge is 0.474 e. The number of nitrogens with zero attached hydrogens (tertiary/aromatic N) is 2. The molecule has 1 saturated heterocycles. The molecular formula is C21H30N2O2. The second-order valence-corrected chi connectivity index (χ2v) is 8.44. The highest BCUT2D eigenvalue weighted by molar-refractivity contribution is 5.79. The number of pyridine rings is 1. The van der Waals surface area contributed by atoms with Gasteiger partial charge in [-0.25, -0.2) is 4.98 Å². The van der Waals surface area contributed by atoms with E-state index in [-0.39, 0.29) is 12.0 Å². The molecule has 1 amide bonds. The lowest BCUT2D eigenvalue weighted by molar-refractivity contribution is -0.139. The zero-order valence-electron chi connectivity index (χ0n) is 15.4. The van der Waals surface area contributed by atoms with Crippen molar-refractivity contribution in [2.75, 3.05) is 13.1 Å². The topological polar surface area (TPSA) is 42.4 Å². The normalized spacial score (nSPS) is 24.1. The first-order valence-corrected chi connectivity index (χ1v) is 10.0. The van der Waals surface area contributed by atoms with E-state index in [1.165, 1.54) is 37.7 Å². The summed E-state index contributed by atoms with van der Waals surface area (Å²) < 4.78 is 6.01. The van der Waals surface area contributed by atoms with Crippen LogP contribution in [0.5, 0.6) is 5.88 Å². The summed E-state index contributed by atoms with van der Waals surface area (Å²) in [5.41, 5.74) is 1.80. The first-order chi connectivity index (χ1) is 12.1. The van der Waals surface area contributed by atoms with Crippen LogP contribution in [0.15, 0.2) is 18.3 Å². The van der Waals surface area contributed by atoms with Crippen LogP contribution in [-0.2, 0) is 4.79 Å². The number of ether oxygens (including phenoxy) is 1. The lowest BCUT2D eigenvalue weighted by Crippen LogP contribution is -2.46. The molecule has 0 unspecified atom stereocenters. The van der Waals surface area contributed by atoms with Gasteiger partial charge in [0, 0.05) is 44.1 Å². The van der Waals surface area contributed by atoms with Gasteiger partial charge in [0.15, 0.2) is 0 Å². The molecule has 3 fully saturated rings. The summed E-state index contributed by atoms with van der Waals surface area (Å²) in [5.74, 6) is 1.39. The van der Waals surface area contributed by atoms with Gasteiger partial charge >= 0.3 is 0 Å². The average Bonchev–Trinajstić information content (AvgIpc) is 2.61. The lowest BCUT2D eigenvalue weighted by Gasteiger charge is -2.47. The number of amides is 1. The molecule has 0 aromatic carbocycles. The number of carbonyl (C=O) groups excluding carboxylic acids is 1. The quantitative estimate of drug-likeness (QED) is 0.830. The molecule has 3 aliphatic rings. The highest BCUT2D eigenvalue weighted by Gasteiger charge is 2.42. The van der Waals surface area contributed by atoms with Crippen LogP contribution in [0.3, 0.4) is 0 Å². The maximum absolute atomic E-state index is 12.9. The molecule has 2 saturated carbocycles. The summed E-state index contributed by atoms with van der Waals surface area (Å²) in [6.07, 6.45) is 12.8. The van der Waals surface area contributed by atoms with E-state index < -0.39 is 0 Å². The zero-order chi connectivity index (χ0) is 17.3. The summed E-state index contributed by atoms with van der Waals surface area (Å²) in [6.45, 7) is 3.71. The number of carbonyl (C=O) groups is 1. The van der Waals surface area contributed by atoms with E-state index in [2.05, 4.69) is 9.88 Å². The second kappa shape index (κ2) is 6.97. The minimum Gasteiger partial charge on any atom is -0.474 e. The summed E-state index contributed by atoms with van der Waals surface area (Å²) in [7, 11) is 0. The third-order valence-corrected chi connectivity index (χ3v) is 6.74. The Balaban J connectivity index is 1.25. The molecule has 0 radical (unpaired) electrons. The van der Waals surface area contributed by atoms with Crippen molar-refractivity contribution in [1.82, 2.24) is 9.88 Å². The van der Waals surface area contributed by atoms with Gasteiger partial charge in [0.2, 0.25) is 11.8 Å². The Labute approximate surface area is 151 Å². The van der Waals surface area contributed by atoms with Crippen LogP contribution in [0.2, 0.25) is 0 Å². The molecule has 1 spiro atoms. The number of hydrogen-bond donors (Lipinski definition) is 0. The van der Waals surface area contributed by atoms with Crippen molar-refractivity contribution in [3.05, 3.63) is 23.9 Å². The molecule has 1 aromatic heterocycles. The maximum atomic E-state index is 12.9. The first-order valence-electron chi connectivity index (χ1n) is 10.0. The number of hydrogen-bond acceptors (Lipinski definition) is 3. The number of rotatable bonds is 3. The number of likely N-dealkylation sites (tertiary alicyclic amines) is 1. The van der Waals surface area contributed by atoms with E-state index in [9.17, 15) is 4.79 Å². The van der Waals surface area contributed by atoms with Crippen molar-refractivity contribution in [1.29, 1.82) is 0 Å². The molecule has 2 aliphatic carbocycles. The first kappa shape index (κ1) is 16.9. The number of piperidine rings is 1. The predicted octanol–water partition coefficient (Wildman–Crippen LogP) is 4.12. The Morgan fingerprint density at radius 1 is 1.16 bits per heavy atom. The SMILES string of the molecule is Cc1ccnc(OC2CCN(C(=O)C3CCC4(CCC4)CC3)CC2)c1. The fraction of sp³-hybridized carbons (Fsp3) is 0.714. The second-order valence-electron chi connectivity index (χ2n) is 8.44. The fourth-order valence-corrected chi connectivity index (χ4v) is 4.85. The third kappa shape index (κ3) is 3.68. The molecule has 4 rings (SSSR count). The van der Waals surface area contributed by atoms with Crippen molar-refractivity contribution in [3.8, 4) is 5.88 Å². The van der Waals surface area contributed by atoms with E-state index in [0.717, 1.165) is 38.8 Å². The molecule has 0 N–H and O–H groups in total. The minimum absolute atomic E-state index is 0.183. The van der Waals surface area contributed by atoms with Gasteiger partial charge in [-0.05, 0) is 62.5 Å². The van der Waals surface area contributed by atoms with Crippen molar-refractivity contribution >= 4 is 5.91 Å². The monoisotopic (exact) mass is 342 g/mol. The third-order valence-electron chi connectivity index (χ3n) is 6.74. The van der Waals surface area contributed by atoms with Gasteiger partial charge in [-0.15, -0.1) is 0 Å². The highest BCUT2D eigenvalue weighted by Crippen LogP contribution is 2.52. The van der Waals surface area contributed by atoms with E-state index in [0.29, 0.717) is 17.2 Å². The fourth-order valence-electron chi connectivity index (χ4n) is 4.85. The Hall–Kier alpha value is -1.58. The van der Waals surface area contributed by atoms with Crippen molar-refractivity contribution in [2.24, 2.45) is 11.3 Å². The van der Waals surface area contributed by atoms with Crippen molar-refractivity contribution in [2.45, 2.75) is 70.8 Å². The predicted molar refractivity (Wildman–Crippen MR) is 97.4 cm³/mol. The van der Waals surface area contributed by atoms with Crippen LogP contribution in [0, 0.1) is 18.3 Å². The van der Waals surface area contributed by atoms with Gasteiger partial charge in [0.05, 0.1) is 0 Å². The molecular weight excluding hydrogens is 312 g/mol. The van der Waals surface area contributed by atoms with E-state index in [4.69, 9.17) is 4.74 Å². The standard InChI is InChI=1S/C21H30N2O2/c1-16-5-12-22-19(15-16)25-18-6-13-23(14-7-18)20(24)17-3-10-21(11-4-17)8-2-9-21/h5,12,15,17-18H,2-4,6-11,13-14H2,1H3. The molecule has 4 nitrogen and oxygen atoms in total. The van der Waals surface area contributed by atoms with Crippen LogP contribution < -0.4 is 4.74 Å². The van der Waals surface area contributed by atoms with E-state index in [1.807, 2.05) is 19.1 Å². The highest BCUT2D eigenvalue weighted by atomic mass is 16.5.